The Morgan fingerprint density at radius 3 is 2.88 bits per heavy atom. The standard InChI is InChI=1S/C17H22N4O2.2ClH/c22-12-9-14(18-10-12)17(23)19-11-5-6-15-13(8-11)20-16-4-2-1-3-7-21(15)16;;/h5-6,8,12,14,18,22H,1-4,7,9-10H2,(H,19,23);2*1H. The van der Waals surface area contributed by atoms with Gasteiger partial charge in [-0.15, -0.1) is 24.8 Å². The van der Waals surface area contributed by atoms with Crippen LogP contribution in [0.5, 0.6) is 0 Å². The van der Waals surface area contributed by atoms with Crippen LogP contribution in [0.1, 0.15) is 31.5 Å². The van der Waals surface area contributed by atoms with Crippen molar-refractivity contribution in [3.63, 3.8) is 0 Å². The fraction of sp³-hybridized carbons (Fsp3) is 0.529. The van der Waals surface area contributed by atoms with Gasteiger partial charge in [0.25, 0.3) is 0 Å². The first-order chi connectivity index (χ1) is 11.2. The van der Waals surface area contributed by atoms with Gasteiger partial charge in [-0.3, -0.25) is 4.79 Å². The molecule has 138 valence electrons. The van der Waals surface area contributed by atoms with Crippen LogP contribution in [0.25, 0.3) is 11.0 Å². The molecule has 4 rings (SSSR count). The fourth-order valence-electron chi connectivity index (χ4n) is 3.57. The van der Waals surface area contributed by atoms with Gasteiger partial charge in [-0.2, -0.15) is 0 Å². The summed E-state index contributed by atoms with van der Waals surface area (Å²) >= 11 is 0. The second kappa shape index (κ2) is 8.36. The number of β-amino-alcohol motifs (C(OH)–C–C–N with tert-alkyl or cyclic N) is 1. The number of nitrogens with zero attached hydrogens (tertiary/aromatic N) is 2. The maximum atomic E-state index is 12.2. The zero-order valence-electron chi connectivity index (χ0n) is 13.9. The number of anilines is 1. The van der Waals surface area contributed by atoms with E-state index >= 15 is 0 Å². The summed E-state index contributed by atoms with van der Waals surface area (Å²) in [6.07, 6.45) is 4.72. The van der Waals surface area contributed by atoms with Crippen LogP contribution in [0.15, 0.2) is 18.2 Å². The van der Waals surface area contributed by atoms with E-state index in [-0.39, 0.29) is 36.8 Å². The van der Waals surface area contributed by atoms with Crippen LogP contribution in [0.3, 0.4) is 0 Å². The minimum Gasteiger partial charge on any atom is -0.392 e. The van der Waals surface area contributed by atoms with Crippen molar-refractivity contribution in [1.29, 1.82) is 0 Å². The lowest BCUT2D eigenvalue weighted by Crippen LogP contribution is -2.35. The highest BCUT2D eigenvalue weighted by atomic mass is 35.5. The number of fused-ring (bicyclic) bond motifs is 3. The molecule has 2 aliphatic rings. The van der Waals surface area contributed by atoms with Crippen LogP contribution >= 0.6 is 24.8 Å². The summed E-state index contributed by atoms with van der Waals surface area (Å²) in [7, 11) is 0. The number of rotatable bonds is 2. The van der Waals surface area contributed by atoms with E-state index in [0.29, 0.717) is 13.0 Å². The lowest BCUT2D eigenvalue weighted by Gasteiger charge is -2.11. The topological polar surface area (TPSA) is 79.2 Å². The first kappa shape index (κ1) is 20.0. The first-order valence-electron chi connectivity index (χ1n) is 8.42. The smallest absolute Gasteiger partial charge is 0.241 e. The molecule has 2 aliphatic heterocycles. The molecule has 8 heteroatoms. The van der Waals surface area contributed by atoms with Gasteiger partial charge in [-0.25, -0.2) is 4.98 Å². The minimum absolute atomic E-state index is 0. The van der Waals surface area contributed by atoms with E-state index in [1.54, 1.807) is 0 Å². The number of imidazole rings is 1. The highest BCUT2D eigenvalue weighted by molar-refractivity contribution is 5.96. The third-order valence-corrected chi connectivity index (χ3v) is 4.80. The lowest BCUT2D eigenvalue weighted by molar-refractivity contribution is -0.117. The number of carbonyl (C=O) groups excluding carboxylic acids is 1. The van der Waals surface area contributed by atoms with Gasteiger partial charge in [-0.1, -0.05) is 6.42 Å². The van der Waals surface area contributed by atoms with Gasteiger partial charge in [0, 0.05) is 25.2 Å². The Morgan fingerprint density at radius 2 is 2.12 bits per heavy atom. The van der Waals surface area contributed by atoms with Crippen LogP contribution in [-0.4, -0.2) is 39.3 Å². The van der Waals surface area contributed by atoms with E-state index < -0.39 is 6.10 Å². The largest absolute Gasteiger partial charge is 0.392 e. The molecule has 1 saturated heterocycles. The molecule has 0 radical (unpaired) electrons. The van der Waals surface area contributed by atoms with Crippen LogP contribution in [0.4, 0.5) is 5.69 Å². The van der Waals surface area contributed by atoms with Gasteiger partial charge < -0.3 is 20.3 Å². The molecule has 25 heavy (non-hydrogen) atoms. The molecule has 2 atom stereocenters. The number of aryl methyl sites for hydroxylation is 2. The number of aliphatic hydroxyl groups is 1. The molecule has 0 saturated carbocycles. The average Bonchev–Trinajstić information content (AvgIpc) is 3.03. The lowest BCUT2D eigenvalue weighted by atomic mass is 10.2. The molecule has 1 aromatic carbocycles. The molecule has 1 aromatic heterocycles. The average molecular weight is 387 g/mol. The Bertz CT molecular complexity index is 750. The van der Waals surface area contributed by atoms with E-state index in [1.165, 1.54) is 19.3 Å². The molecular weight excluding hydrogens is 363 g/mol. The monoisotopic (exact) mass is 386 g/mol. The van der Waals surface area contributed by atoms with Crippen LogP contribution in [0.2, 0.25) is 0 Å². The van der Waals surface area contributed by atoms with Gasteiger partial charge in [-0.05, 0) is 37.5 Å². The molecule has 2 unspecified atom stereocenters. The normalized spacial score (nSPS) is 22.4. The van der Waals surface area contributed by atoms with Crippen LogP contribution < -0.4 is 10.6 Å². The van der Waals surface area contributed by atoms with E-state index in [9.17, 15) is 9.90 Å². The molecule has 1 amide bonds. The van der Waals surface area contributed by atoms with E-state index in [1.807, 2.05) is 18.2 Å². The van der Waals surface area contributed by atoms with Crippen molar-refractivity contribution < 1.29 is 9.90 Å². The zero-order valence-corrected chi connectivity index (χ0v) is 15.5. The second-order valence-electron chi connectivity index (χ2n) is 6.53. The summed E-state index contributed by atoms with van der Waals surface area (Å²) in [5.41, 5.74) is 2.85. The molecule has 6 nitrogen and oxygen atoms in total. The fourth-order valence-corrected chi connectivity index (χ4v) is 3.57. The third-order valence-electron chi connectivity index (χ3n) is 4.80. The summed E-state index contributed by atoms with van der Waals surface area (Å²) in [6.45, 7) is 1.51. The van der Waals surface area contributed by atoms with Gasteiger partial charge in [0.15, 0.2) is 0 Å². The van der Waals surface area contributed by atoms with E-state index in [4.69, 9.17) is 4.98 Å². The van der Waals surface area contributed by atoms with Crippen molar-refractivity contribution in [2.75, 3.05) is 11.9 Å². The Labute approximate surface area is 159 Å². The number of amides is 1. The van der Waals surface area contributed by atoms with Crippen molar-refractivity contribution in [2.24, 2.45) is 0 Å². The SMILES string of the molecule is Cl.Cl.O=C(Nc1ccc2c(c1)nc1n2CCCCC1)C1CC(O)CN1. The summed E-state index contributed by atoms with van der Waals surface area (Å²) in [6, 6.07) is 5.61. The third kappa shape index (κ3) is 4.08. The highest BCUT2D eigenvalue weighted by Crippen LogP contribution is 2.24. The van der Waals surface area contributed by atoms with Gasteiger partial charge in [0.2, 0.25) is 5.91 Å². The molecule has 3 heterocycles. The first-order valence-corrected chi connectivity index (χ1v) is 8.42. The predicted octanol–water partition coefficient (Wildman–Crippen LogP) is 2.27. The molecular formula is C17H24Cl2N4O2. The highest BCUT2D eigenvalue weighted by Gasteiger charge is 2.28. The number of hydrogen-bond donors (Lipinski definition) is 3. The second-order valence-corrected chi connectivity index (χ2v) is 6.53. The maximum absolute atomic E-state index is 12.2. The molecule has 1 fully saturated rings. The van der Waals surface area contributed by atoms with Crippen molar-refractivity contribution in [2.45, 2.75) is 50.8 Å². The van der Waals surface area contributed by atoms with Crippen molar-refractivity contribution in [1.82, 2.24) is 14.9 Å². The van der Waals surface area contributed by atoms with Crippen molar-refractivity contribution in [3.05, 3.63) is 24.0 Å². The van der Waals surface area contributed by atoms with Crippen LogP contribution in [0, 0.1) is 0 Å². The molecule has 0 bridgehead atoms. The van der Waals surface area contributed by atoms with E-state index in [0.717, 1.165) is 35.5 Å². The Morgan fingerprint density at radius 1 is 1.28 bits per heavy atom. The number of carbonyl (C=O) groups is 1. The quantitative estimate of drug-likeness (QED) is 0.739. The molecule has 0 aliphatic carbocycles. The maximum Gasteiger partial charge on any atom is 0.241 e. The van der Waals surface area contributed by atoms with Gasteiger partial charge in [0.05, 0.1) is 23.2 Å². The zero-order chi connectivity index (χ0) is 15.8. The molecule has 2 aromatic rings. The minimum atomic E-state index is -0.433. The van der Waals surface area contributed by atoms with Gasteiger partial charge >= 0.3 is 0 Å². The Balaban J connectivity index is 0.00000113. The number of hydrogen-bond acceptors (Lipinski definition) is 4. The number of aliphatic hydroxyl groups excluding tert-OH is 1. The Kier molecular flexibility index (Phi) is 6.68. The van der Waals surface area contributed by atoms with Gasteiger partial charge in [0.1, 0.15) is 5.82 Å². The molecule has 3 N–H and O–H groups in total. The summed E-state index contributed by atoms with van der Waals surface area (Å²) in [5, 5.41) is 15.5. The summed E-state index contributed by atoms with van der Waals surface area (Å²) < 4.78 is 2.31. The Hall–Kier alpha value is -1.34. The van der Waals surface area contributed by atoms with Crippen molar-refractivity contribution in [3.8, 4) is 0 Å². The number of halogens is 2. The van der Waals surface area contributed by atoms with E-state index in [2.05, 4.69) is 15.2 Å². The summed E-state index contributed by atoms with van der Waals surface area (Å²) in [5.74, 6) is 1.06. The molecule has 0 spiro atoms. The number of benzene rings is 1. The predicted molar refractivity (Wildman–Crippen MR) is 103 cm³/mol. The number of aromatic nitrogens is 2. The number of nitrogens with one attached hydrogen (secondary N) is 2. The van der Waals surface area contributed by atoms with Crippen LogP contribution in [-0.2, 0) is 17.8 Å². The summed E-state index contributed by atoms with van der Waals surface area (Å²) in [4.78, 5) is 17.0. The van der Waals surface area contributed by atoms with Crippen molar-refractivity contribution >= 4 is 47.4 Å².